The molecule has 3 aromatic rings. The van der Waals surface area contributed by atoms with Crippen LogP contribution in [0.25, 0.3) is 0 Å². The molecule has 1 heterocycles. The number of benzene rings is 2. The van der Waals surface area contributed by atoms with Gasteiger partial charge in [0.05, 0.1) is 6.54 Å². The molecule has 0 fully saturated rings. The topological polar surface area (TPSA) is 92.2 Å². The van der Waals surface area contributed by atoms with Crippen molar-refractivity contribution in [1.29, 1.82) is 0 Å². The first kappa shape index (κ1) is 22.0. The van der Waals surface area contributed by atoms with Crippen LogP contribution in [0, 0.1) is 12.8 Å². The average Bonchev–Trinajstić information content (AvgIpc) is 2.77. The lowest BCUT2D eigenvalue weighted by Gasteiger charge is -2.24. The number of hydrogen-bond donors (Lipinski definition) is 1. The van der Waals surface area contributed by atoms with Crippen molar-refractivity contribution in [3.05, 3.63) is 98.8 Å². The summed E-state index contributed by atoms with van der Waals surface area (Å²) < 4.78 is 1.17. The number of aromatic nitrogens is 2. The molecule has 0 unspecified atom stereocenters. The first-order valence-electron chi connectivity index (χ1n) is 10.0. The minimum atomic E-state index is -0.642. The van der Waals surface area contributed by atoms with Gasteiger partial charge in [-0.15, -0.1) is 0 Å². The third-order valence-corrected chi connectivity index (χ3v) is 5.16. The second kappa shape index (κ2) is 9.84. The Morgan fingerprint density at radius 2 is 1.61 bits per heavy atom. The number of rotatable bonds is 8. The van der Waals surface area contributed by atoms with Crippen molar-refractivity contribution >= 4 is 17.4 Å². The fourth-order valence-electron chi connectivity index (χ4n) is 3.46. The number of carbonyl (C=O) groups is 2. The summed E-state index contributed by atoms with van der Waals surface area (Å²) >= 11 is 0. The number of ketones is 1. The maximum Gasteiger partial charge on any atom is 0.328 e. The summed E-state index contributed by atoms with van der Waals surface area (Å²) in [6, 6.07) is 18.8. The van der Waals surface area contributed by atoms with Gasteiger partial charge in [-0.25, -0.2) is 4.79 Å². The summed E-state index contributed by atoms with van der Waals surface area (Å²) in [6.45, 7) is 1.36. The SMILES string of the molecule is Cc1cn(CC(=O)C[C@@H](Cc2ccccc2)C(=O)N(C)c2ccccc2)c(=O)[nH]c1=O. The predicted octanol–water partition coefficient (Wildman–Crippen LogP) is 2.33. The number of amides is 1. The van der Waals surface area contributed by atoms with E-state index in [4.69, 9.17) is 0 Å². The highest BCUT2D eigenvalue weighted by Crippen LogP contribution is 2.20. The summed E-state index contributed by atoms with van der Waals surface area (Å²) in [4.78, 5) is 53.4. The van der Waals surface area contributed by atoms with Gasteiger partial charge in [-0.3, -0.25) is 23.9 Å². The second-order valence-electron chi connectivity index (χ2n) is 7.56. The van der Waals surface area contributed by atoms with Gasteiger partial charge >= 0.3 is 5.69 Å². The van der Waals surface area contributed by atoms with Crippen LogP contribution in [0.3, 0.4) is 0 Å². The molecule has 31 heavy (non-hydrogen) atoms. The second-order valence-corrected chi connectivity index (χ2v) is 7.56. The molecule has 0 bridgehead atoms. The molecule has 0 aliphatic rings. The van der Waals surface area contributed by atoms with Crippen molar-refractivity contribution in [2.75, 3.05) is 11.9 Å². The number of H-pyrrole nitrogens is 1. The zero-order valence-corrected chi connectivity index (χ0v) is 17.6. The highest BCUT2D eigenvalue weighted by atomic mass is 16.2. The van der Waals surface area contributed by atoms with Crippen LogP contribution in [-0.2, 0) is 22.6 Å². The summed E-state index contributed by atoms with van der Waals surface area (Å²) in [5.41, 5.74) is 0.914. The van der Waals surface area contributed by atoms with Crippen LogP contribution in [-0.4, -0.2) is 28.3 Å². The molecule has 160 valence electrons. The van der Waals surface area contributed by atoms with Crippen molar-refractivity contribution in [3.8, 4) is 0 Å². The van der Waals surface area contributed by atoms with Crippen LogP contribution in [0.5, 0.6) is 0 Å². The predicted molar refractivity (Wildman–Crippen MR) is 119 cm³/mol. The van der Waals surface area contributed by atoms with E-state index in [9.17, 15) is 19.2 Å². The quantitative estimate of drug-likeness (QED) is 0.607. The third kappa shape index (κ3) is 5.66. The molecule has 1 atom stereocenters. The Morgan fingerprint density at radius 1 is 1.00 bits per heavy atom. The monoisotopic (exact) mass is 419 g/mol. The van der Waals surface area contributed by atoms with Gasteiger partial charge in [-0.2, -0.15) is 0 Å². The Hall–Kier alpha value is -3.74. The Bertz CT molecular complexity index is 1170. The molecule has 0 saturated heterocycles. The summed E-state index contributed by atoms with van der Waals surface area (Å²) in [6.07, 6.45) is 1.75. The molecule has 0 aliphatic heterocycles. The summed E-state index contributed by atoms with van der Waals surface area (Å²) in [7, 11) is 1.69. The minimum absolute atomic E-state index is 0.0183. The van der Waals surface area contributed by atoms with Crippen LogP contribution in [0.4, 0.5) is 5.69 Å². The van der Waals surface area contributed by atoms with Crippen molar-refractivity contribution in [2.24, 2.45) is 5.92 Å². The average molecular weight is 419 g/mol. The van der Waals surface area contributed by atoms with Gasteiger partial charge in [0.1, 0.15) is 0 Å². The maximum absolute atomic E-state index is 13.3. The molecule has 2 aromatic carbocycles. The van der Waals surface area contributed by atoms with Crippen molar-refractivity contribution in [3.63, 3.8) is 0 Å². The molecule has 0 saturated carbocycles. The molecular formula is C24H25N3O4. The molecule has 1 amide bonds. The van der Waals surface area contributed by atoms with Crippen LogP contribution < -0.4 is 16.1 Å². The summed E-state index contributed by atoms with van der Waals surface area (Å²) in [5.74, 6) is -1.02. The van der Waals surface area contributed by atoms with E-state index >= 15 is 0 Å². The lowest BCUT2D eigenvalue weighted by molar-refractivity contribution is -0.127. The number of hydrogen-bond acceptors (Lipinski definition) is 4. The lowest BCUT2D eigenvalue weighted by atomic mass is 9.92. The number of anilines is 1. The van der Waals surface area contributed by atoms with Crippen LogP contribution in [0.1, 0.15) is 17.5 Å². The van der Waals surface area contributed by atoms with Crippen LogP contribution in [0.15, 0.2) is 76.4 Å². The van der Waals surface area contributed by atoms with Gasteiger partial charge in [-0.1, -0.05) is 48.5 Å². The highest BCUT2D eigenvalue weighted by Gasteiger charge is 2.26. The van der Waals surface area contributed by atoms with Crippen molar-refractivity contribution in [2.45, 2.75) is 26.3 Å². The highest BCUT2D eigenvalue weighted by molar-refractivity contribution is 5.97. The van der Waals surface area contributed by atoms with E-state index in [2.05, 4.69) is 4.98 Å². The van der Waals surface area contributed by atoms with E-state index in [1.165, 1.54) is 10.8 Å². The number of Topliss-reactive ketones (excluding diaryl/α,β-unsaturated/α-hetero) is 1. The fourth-order valence-corrected chi connectivity index (χ4v) is 3.46. The normalized spacial score (nSPS) is 11.7. The minimum Gasteiger partial charge on any atom is -0.315 e. The first-order valence-corrected chi connectivity index (χ1v) is 10.0. The van der Waals surface area contributed by atoms with E-state index in [1.54, 1.807) is 18.9 Å². The number of aryl methyl sites for hydroxylation is 1. The zero-order chi connectivity index (χ0) is 22.4. The van der Waals surface area contributed by atoms with Crippen molar-refractivity contribution in [1.82, 2.24) is 9.55 Å². The van der Waals surface area contributed by atoms with E-state index in [1.807, 2.05) is 60.7 Å². The number of nitrogens with one attached hydrogen (secondary N) is 1. The Morgan fingerprint density at radius 3 is 2.26 bits per heavy atom. The van der Waals surface area contributed by atoms with Gasteiger partial charge in [-0.05, 0) is 31.0 Å². The Labute approximate surface area is 180 Å². The van der Waals surface area contributed by atoms with E-state index in [-0.39, 0.29) is 24.7 Å². The maximum atomic E-state index is 13.3. The van der Waals surface area contributed by atoms with Gasteiger partial charge in [0.2, 0.25) is 5.91 Å². The third-order valence-electron chi connectivity index (χ3n) is 5.16. The van der Waals surface area contributed by atoms with E-state index in [0.717, 1.165) is 11.3 Å². The van der Waals surface area contributed by atoms with Gasteiger partial charge in [0.15, 0.2) is 5.78 Å². The lowest BCUT2D eigenvalue weighted by Crippen LogP contribution is -2.37. The molecule has 7 heteroatoms. The first-order chi connectivity index (χ1) is 14.8. The molecule has 0 spiro atoms. The smallest absolute Gasteiger partial charge is 0.315 e. The van der Waals surface area contributed by atoms with Gasteiger partial charge < -0.3 is 4.90 Å². The molecule has 3 rings (SSSR count). The Kier molecular flexibility index (Phi) is 6.97. The van der Waals surface area contributed by atoms with Crippen LogP contribution >= 0.6 is 0 Å². The van der Waals surface area contributed by atoms with E-state index in [0.29, 0.717) is 12.0 Å². The van der Waals surface area contributed by atoms with E-state index < -0.39 is 17.2 Å². The molecule has 1 N–H and O–H groups in total. The number of para-hydroxylation sites is 1. The van der Waals surface area contributed by atoms with Crippen molar-refractivity contribution < 1.29 is 9.59 Å². The number of aromatic amines is 1. The molecule has 0 aliphatic carbocycles. The molecule has 1 aromatic heterocycles. The van der Waals surface area contributed by atoms with Crippen LogP contribution in [0.2, 0.25) is 0 Å². The van der Waals surface area contributed by atoms with Gasteiger partial charge in [0, 0.05) is 36.8 Å². The fraction of sp³-hybridized carbons (Fsp3) is 0.250. The molecular weight excluding hydrogens is 394 g/mol. The molecule has 7 nitrogen and oxygen atoms in total. The number of nitrogens with zero attached hydrogens (tertiary/aromatic N) is 2. The Balaban J connectivity index is 1.81. The largest absolute Gasteiger partial charge is 0.328 e. The van der Waals surface area contributed by atoms with Gasteiger partial charge in [0.25, 0.3) is 5.56 Å². The molecule has 0 radical (unpaired) electrons. The number of carbonyl (C=O) groups excluding carboxylic acids is 2. The zero-order valence-electron chi connectivity index (χ0n) is 17.6. The summed E-state index contributed by atoms with van der Waals surface area (Å²) in [5, 5.41) is 0. The standard InChI is InChI=1S/C24H25N3O4/c1-17-15-27(24(31)25-22(17)29)16-21(28)14-19(13-18-9-5-3-6-10-18)23(30)26(2)20-11-7-4-8-12-20/h3-12,15,19H,13-14,16H2,1-2H3,(H,25,29,31)/t19-/m1/s1.